The minimum absolute atomic E-state index is 0.434. The van der Waals surface area contributed by atoms with Gasteiger partial charge in [-0.1, -0.05) is 48.5 Å². The second-order valence-electron chi connectivity index (χ2n) is 6.47. The average molecular weight is 375 g/mol. The molecule has 0 radical (unpaired) electrons. The Balaban J connectivity index is 1.91. The van der Waals surface area contributed by atoms with Gasteiger partial charge in [-0.15, -0.1) is 5.10 Å². The molecule has 7 heteroatoms. The van der Waals surface area contributed by atoms with E-state index in [2.05, 4.69) is 10.3 Å². The number of carbonyl (C=O) groups excluding carboxylic acids is 1. The Morgan fingerprint density at radius 1 is 1.18 bits per heavy atom. The fourth-order valence-electron chi connectivity index (χ4n) is 3.46. The van der Waals surface area contributed by atoms with Crippen LogP contribution in [0, 0.1) is 0 Å². The number of hydrogen-bond acceptors (Lipinski definition) is 5. The number of primary amides is 1. The molecule has 3 N–H and O–H groups in total. The van der Waals surface area contributed by atoms with Crippen LogP contribution in [0.5, 0.6) is 5.75 Å². The molecule has 0 fully saturated rings. The third kappa shape index (κ3) is 3.00. The fourth-order valence-corrected chi connectivity index (χ4v) is 3.46. The maximum Gasteiger partial charge on any atom is 0.248 e. The van der Waals surface area contributed by atoms with Crippen molar-refractivity contribution in [1.29, 1.82) is 0 Å². The summed E-state index contributed by atoms with van der Waals surface area (Å²) in [4.78, 5) is 17.0. The number of para-hydroxylation sites is 1. The van der Waals surface area contributed by atoms with Crippen LogP contribution in [0.15, 0.2) is 65.9 Å². The smallest absolute Gasteiger partial charge is 0.248 e. The zero-order chi connectivity index (χ0) is 19.7. The fraction of sp³-hybridized carbons (Fsp3) is 0.190. The first-order valence-corrected chi connectivity index (χ1v) is 9.11. The van der Waals surface area contributed by atoms with Gasteiger partial charge in [-0.2, -0.15) is 4.98 Å². The molecule has 2 aromatic carbocycles. The van der Waals surface area contributed by atoms with Crippen LogP contribution in [0.1, 0.15) is 25.5 Å². The molecule has 0 bridgehead atoms. The molecule has 3 aromatic rings. The summed E-state index contributed by atoms with van der Waals surface area (Å²) in [6, 6.07) is 16.8. The number of benzene rings is 2. The first kappa shape index (κ1) is 17.8. The van der Waals surface area contributed by atoms with Gasteiger partial charge >= 0.3 is 0 Å². The van der Waals surface area contributed by atoms with Gasteiger partial charge in [-0.3, -0.25) is 4.79 Å². The number of nitrogens with zero attached hydrogens (tertiary/aromatic N) is 3. The van der Waals surface area contributed by atoms with Gasteiger partial charge in [0.1, 0.15) is 11.8 Å². The van der Waals surface area contributed by atoms with Crippen molar-refractivity contribution in [3.05, 3.63) is 71.4 Å². The number of carbonyl (C=O) groups is 1. The number of fused-ring (bicyclic) bond motifs is 1. The summed E-state index contributed by atoms with van der Waals surface area (Å²) < 4.78 is 7.51. The number of nitrogens with one attached hydrogen (secondary N) is 1. The Kier molecular flexibility index (Phi) is 4.57. The molecule has 1 unspecified atom stereocenters. The van der Waals surface area contributed by atoms with Crippen LogP contribution in [0.2, 0.25) is 0 Å². The summed E-state index contributed by atoms with van der Waals surface area (Å²) in [5.74, 6) is 1.30. The van der Waals surface area contributed by atoms with Crippen molar-refractivity contribution in [2.75, 3.05) is 11.9 Å². The lowest BCUT2D eigenvalue weighted by molar-refractivity contribution is -0.115. The third-order valence-corrected chi connectivity index (χ3v) is 4.66. The molecular weight excluding hydrogens is 354 g/mol. The van der Waals surface area contributed by atoms with Crippen LogP contribution in [0.25, 0.3) is 11.4 Å². The highest BCUT2D eigenvalue weighted by molar-refractivity contribution is 5.95. The zero-order valence-corrected chi connectivity index (χ0v) is 15.7. The van der Waals surface area contributed by atoms with Crippen molar-refractivity contribution in [3.8, 4) is 17.1 Å². The molecule has 0 saturated heterocycles. The largest absolute Gasteiger partial charge is 0.494 e. The molecule has 2 heterocycles. The second kappa shape index (κ2) is 7.19. The van der Waals surface area contributed by atoms with Crippen molar-refractivity contribution in [2.45, 2.75) is 19.9 Å². The van der Waals surface area contributed by atoms with E-state index in [4.69, 9.17) is 15.6 Å². The Bertz CT molecular complexity index is 1060. The van der Waals surface area contributed by atoms with Gasteiger partial charge in [0.25, 0.3) is 0 Å². The Hall–Kier alpha value is -3.61. The van der Waals surface area contributed by atoms with E-state index in [1.807, 2.05) is 68.4 Å². The lowest BCUT2D eigenvalue weighted by atomic mass is 9.94. The molecule has 0 aliphatic carbocycles. The topological polar surface area (TPSA) is 95.1 Å². The summed E-state index contributed by atoms with van der Waals surface area (Å²) in [7, 11) is 0. The predicted molar refractivity (Wildman–Crippen MR) is 107 cm³/mol. The summed E-state index contributed by atoms with van der Waals surface area (Å²) >= 11 is 0. The summed E-state index contributed by atoms with van der Waals surface area (Å²) in [5, 5.41) is 7.85. The molecular formula is C21H21N5O2. The Morgan fingerprint density at radius 3 is 2.61 bits per heavy atom. The van der Waals surface area contributed by atoms with E-state index in [9.17, 15) is 4.79 Å². The first-order valence-electron chi connectivity index (χ1n) is 9.11. The average Bonchev–Trinajstić information content (AvgIpc) is 3.12. The number of aromatic nitrogens is 3. The van der Waals surface area contributed by atoms with E-state index in [-0.39, 0.29) is 0 Å². The molecule has 142 valence electrons. The highest BCUT2D eigenvalue weighted by Crippen LogP contribution is 2.39. The summed E-state index contributed by atoms with van der Waals surface area (Å²) in [5.41, 5.74) is 8.54. The number of amides is 1. The molecule has 28 heavy (non-hydrogen) atoms. The SMILES string of the molecule is CCOc1ccccc1C1C(C(N)=O)=C(C)Nc2nc(-c3ccccc3)nn21. The van der Waals surface area contributed by atoms with Crippen LogP contribution >= 0.6 is 0 Å². The van der Waals surface area contributed by atoms with Crippen molar-refractivity contribution in [1.82, 2.24) is 14.8 Å². The first-order chi connectivity index (χ1) is 13.6. The minimum Gasteiger partial charge on any atom is -0.494 e. The summed E-state index contributed by atoms with van der Waals surface area (Å²) in [6.45, 7) is 4.25. The van der Waals surface area contributed by atoms with Crippen LogP contribution < -0.4 is 15.8 Å². The van der Waals surface area contributed by atoms with Gasteiger partial charge in [0.15, 0.2) is 5.82 Å². The highest BCUT2D eigenvalue weighted by Gasteiger charge is 2.35. The van der Waals surface area contributed by atoms with E-state index < -0.39 is 11.9 Å². The molecule has 1 atom stereocenters. The van der Waals surface area contributed by atoms with Crippen molar-refractivity contribution in [2.24, 2.45) is 5.73 Å². The van der Waals surface area contributed by atoms with Gasteiger partial charge < -0.3 is 15.8 Å². The van der Waals surface area contributed by atoms with Gasteiger partial charge in [0, 0.05) is 16.8 Å². The van der Waals surface area contributed by atoms with Crippen molar-refractivity contribution >= 4 is 11.9 Å². The maximum atomic E-state index is 12.3. The van der Waals surface area contributed by atoms with Gasteiger partial charge in [0.05, 0.1) is 12.2 Å². The maximum absolute atomic E-state index is 12.3. The molecule has 1 aliphatic heterocycles. The van der Waals surface area contributed by atoms with Gasteiger partial charge in [-0.25, -0.2) is 4.68 Å². The number of hydrogen-bond donors (Lipinski definition) is 2. The summed E-state index contributed by atoms with van der Waals surface area (Å²) in [6.07, 6.45) is 0. The molecule has 1 amide bonds. The predicted octanol–water partition coefficient (Wildman–Crippen LogP) is 3.12. The van der Waals surface area contributed by atoms with Crippen LogP contribution in [0.3, 0.4) is 0 Å². The Morgan fingerprint density at radius 2 is 1.89 bits per heavy atom. The molecule has 1 aliphatic rings. The Labute approximate surface area is 162 Å². The number of nitrogens with two attached hydrogens (primary N) is 1. The van der Waals surface area contributed by atoms with Gasteiger partial charge in [-0.05, 0) is 19.9 Å². The van der Waals surface area contributed by atoms with E-state index in [1.54, 1.807) is 4.68 Å². The lowest BCUT2D eigenvalue weighted by Gasteiger charge is -2.28. The molecule has 1 aromatic heterocycles. The molecule has 4 rings (SSSR count). The number of anilines is 1. The molecule has 7 nitrogen and oxygen atoms in total. The van der Waals surface area contributed by atoms with Crippen molar-refractivity contribution in [3.63, 3.8) is 0 Å². The quantitative estimate of drug-likeness (QED) is 0.714. The van der Waals surface area contributed by atoms with Crippen LogP contribution in [-0.2, 0) is 4.79 Å². The number of allylic oxidation sites excluding steroid dienone is 1. The third-order valence-electron chi connectivity index (χ3n) is 4.66. The van der Waals surface area contributed by atoms with Gasteiger partial charge in [0.2, 0.25) is 11.9 Å². The number of rotatable bonds is 5. The van der Waals surface area contributed by atoms with E-state index in [1.165, 1.54) is 0 Å². The zero-order valence-electron chi connectivity index (χ0n) is 15.7. The van der Waals surface area contributed by atoms with Crippen molar-refractivity contribution < 1.29 is 9.53 Å². The molecule has 0 saturated carbocycles. The van der Waals surface area contributed by atoms with E-state index >= 15 is 0 Å². The number of ether oxygens (including phenoxy) is 1. The van der Waals surface area contributed by atoms with Crippen LogP contribution in [-0.4, -0.2) is 27.3 Å². The standard InChI is InChI=1S/C21H21N5O2/c1-3-28-16-12-8-7-11-15(16)18-17(19(22)27)13(2)23-21-24-20(25-26(18)21)14-9-5-4-6-10-14/h4-12,18H,3H2,1-2H3,(H2,22,27)(H,23,24,25). The molecule has 0 spiro atoms. The monoisotopic (exact) mass is 375 g/mol. The lowest BCUT2D eigenvalue weighted by Crippen LogP contribution is -2.32. The van der Waals surface area contributed by atoms with Crippen LogP contribution in [0.4, 0.5) is 5.95 Å². The van der Waals surface area contributed by atoms with E-state index in [0.717, 1.165) is 11.1 Å². The van der Waals surface area contributed by atoms with E-state index in [0.29, 0.717) is 35.4 Å². The second-order valence-corrected chi connectivity index (χ2v) is 6.47. The minimum atomic E-state index is -0.526. The highest BCUT2D eigenvalue weighted by atomic mass is 16.5. The normalized spacial score (nSPS) is 15.7.